The zero-order chi connectivity index (χ0) is 20.2. The van der Waals surface area contributed by atoms with E-state index in [0.717, 1.165) is 49.0 Å². The number of imidazole rings is 1. The molecule has 3 heterocycles. The molecule has 7 nitrogen and oxygen atoms in total. The lowest BCUT2D eigenvalue weighted by Gasteiger charge is -2.32. The summed E-state index contributed by atoms with van der Waals surface area (Å²) in [7, 11) is 0. The molecule has 1 amide bonds. The van der Waals surface area contributed by atoms with Crippen molar-refractivity contribution in [2.24, 2.45) is 5.92 Å². The van der Waals surface area contributed by atoms with Crippen LogP contribution in [0, 0.1) is 12.8 Å². The van der Waals surface area contributed by atoms with Crippen LogP contribution in [0.4, 0.5) is 5.82 Å². The predicted molar refractivity (Wildman–Crippen MR) is 112 cm³/mol. The molecule has 1 aliphatic heterocycles. The van der Waals surface area contributed by atoms with Gasteiger partial charge >= 0.3 is 0 Å². The lowest BCUT2D eigenvalue weighted by Crippen LogP contribution is -2.40. The summed E-state index contributed by atoms with van der Waals surface area (Å²) in [5, 5.41) is 3.74. The topological polar surface area (TPSA) is 75.9 Å². The zero-order valence-corrected chi connectivity index (χ0v) is 17.0. The number of benzene rings is 1. The Morgan fingerprint density at radius 2 is 1.86 bits per heavy atom. The van der Waals surface area contributed by atoms with E-state index in [0.29, 0.717) is 11.6 Å². The summed E-state index contributed by atoms with van der Waals surface area (Å²) in [5.74, 6) is 2.69. The molecule has 1 aromatic carbocycles. The summed E-state index contributed by atoms with van der Waals surface area (Å²) in [6.07, 6.45) is 6.82. The molecule has 1 saturated heterocycles. The molecule has 0 atom stereocenters. The highest BCUT2D eigenvalue weighted by Crippen LogP contribution is 2.23. The number of nitrogens with zero attached hydrogens (tertiary/aromatic N) is 5. The molecule has 0 aliphatic carbocycles. The SMILES string of the molecule is Cc1nccn1-c1cc(N2CCC(C(=O)NCc3ccc(Cl)cc3)CC2)ncn1. The molecule has 1 aliphatic rings. The Morgan fingerprint density at radius 1 is 1.14 bits per heavy atom. The van der Waals surface area contributed by atoms with Crippen LogP contribution >= 0.6 is 11.6 Å². The highest BCUT2D eigenvalue weighted by molar-refractivity contribution is 6.30. The Labute approximate surface area is 174 Å². The van der Waals surface area contributed by atoms with Crippen LogP contribution in [0.1, 0.15) is 24.2 Å². The Hall–Kier alpha value is -2.93. The highest BCUT2D eigenvalue weighted by Gasteiger charge is 2.25. The number of amides is 1. The number of aryl methyl sites for hydroxylation is 1. The van der Waals surface area contributed by atoms with Crippen molar-refractivity contribution in [3.8, 4) is 5.82 Å². The van der Waals surface area contributed by atoms with Crippen LogP contribution in [-0.4, -0.2) is 38.5 Å². The summed E-state index contributed by atoms with van der Waals surface area (Å²) < 4.78 is 1.93. The third-order valence-electron chi connectivity index (χ3n) is 5.28. The van der Waals surface area contributed by atoms with Crippen LogP contribution in [0.3, 0.4) is 0 Å². The van der Waals surface area contributed by atoms with E-state index in [9.17, 15) is 4.79 Å². The molecule has 1 N–H and O–H groups in total. The fourth-order valence-corrected chi connectivity index (χ4v) is 3.69. The number of carbonyl (C=O) groups excluding carboxylic acids is 1. The standard InChI is InChI=1S/C21H23ClN6O/c1-15-23-8-11-28(15)20-12-19(25-14-26-20)27-9-6-17(7-10-27)21(29)24-13-16-2-4-18(22)5-3-16/h2-5,8,11-12,14,17H,6-7,9-10,13H2,1H3,(H,24,29). The Kier molecular flexibility index (Phi) is 5.76. The Balaban J connectivity index is 1.33. The van der Waals surface area contributed by atoms with Crippen LogP contribution in [0.25, 0.3) is 5.82 Å². The number of rotatable bonds is 5. The first-order valence-corrected chi connectivity index (χ1v) is 10.1. The van der Waals surface area contributed by atoms with Crippen LogP contribution < -0.4 is 10.2 Å². The fourth-order valence-electron chi connectivity index (χ4n) is 3.57. The summed E-state index contributed by atoms with van der Waals surface area (Å²) in [5.41, 5.74) is 1.04. The van der Waals surface area contributed by atoms with Crippen molar-refractivity contribution in [3.05, 3.63) is 65.5 Å². The van der Waals surface area contributed by atoms with Crippen LogP contribution in [0.15, 0.2) is 49.1 Å². The van der Waals surface area contributed by atoms with Crippen molar-refractivity contribution in [3.63, 3.8) is 0 Å². The fraction of sp³-hybridized carbons (Fsp3) is 0.333. The number of anilines is 1. The van der Waals surface area contributed by atoms with E-state index in [1.165, 1.54) is 0 Å². The van der Waals surface area contributed by atoms with E-state index in [1.807, 2.05) is 48.0 Å². The molecule has 0 spiro atoms. The summed E-state index contributed by atoms with van der Waals surface area (Å²) >= 11 is 5.90. The lowest BCUT2D eigenvalue weighted by molar-refractivity contribution is -0.125. The first-order valence-electron chi connectivity index (χ1n) is 9.69. The van der Waals surface area contributed by atoms with Crippen molar-refractivity contribution < 1.29 is 4.79 Å². The predicted octanol–water partition coefficient (Wildman–Crippen LogP) is 3.16. The Morgan fingerprint density at radius 3 is 2.55 bits per heavy atom. The molecule has 150 valence electrons. The number of hydrogen-bond donors (Lipinski definition) is 1. The van der Waals surface area contributed by atoms with Gasteiger partial charge in [-0.15, -0.1) is 0 Å². The molecule has 2 aromatic heterocycles. The van der Waals surface area contributed by atoms with E-state index in [2.05, 4.69) is 25.2 Å². The van der Waals surface area contributed by atoms with Gasteiger partial charge < -0.3 is 10.2 Å². The van der Waals surface area contributed by atoms with E-state index in [-0.39, 0.29) is 11.8 Å². The van der Waals surface area contributed by atoms with Gasteiger partial charge in [0.25, 0.3) is 0 Å². The quantitative estimate of drug-likeness (QED) is 0.699. The first-order chi connectivity index (χ1) is 14.1. The number of carbonyl (C=O) groups is 1. The molecule has 0 unspecified atom stereocenters. The van der Waals surface area contributed by atoms with Gasteiger partial charge in [-0.05, 0) is 37.5 Å². The number of aromatic nitrogens is 4. The minimum absolute atomic E-state index is 0.0238. The molecule has 8 heteroatoms. The lowest BCUT2D eigenvalue weighted by atomic mass is 9.96. The molecule has 0 saturated carbocycles. The summed E-state index contributed by atoms with van der Waals surface area (Å²) in [6, 6.07) is 9.50. The van der Waals surface area contributed by atoms with E-state index in [1.54, 1.807) is 12.5 Å². The van der Waals surface area contributed by atoms with Crippen molar-refractivity contribution in [2.45, 2.75) is 26.3 Å². The third-order valence-corrected chi connectivity index (χ3v) is 5.53. The maximum absolute atomic E-state index is 12.5. The number of piperidine rings is 1. The highest BCUT2D eigenvalue weighted by atomic mass is 35.5. The largest absolute Gasteiger partial charge is 0.356 e. The van der Waals surface area contributed by atoms with Gasteiger partial charge in [0.2, 0.25) is 5.91 Å². The summed E-state index contributed by atoms with van der Waals surface area (Å²) in [6.45, 7) is 4.04. The van der Waals surface area contributed by atoms with Gasteiger partial charge in [-0.3, -0.25) is 9.36 Å². The second-order valence-electron chi connectivity index (χ2n) is 7.18. The van der Waals surface area contributed by atoms with Crippen molar-refractivity contribution >= 4 is 23.3 Å². The molecule has 4 rings (SSSR count). The second-order valence-corrected chi connectivity index (χ2v) is 7.62. The number of hydrogen-bond acceptors (Lipinski definition) is 5. The number of nitrogens with one attached hydrogen (secondary N) is 1. The molecular weight excluding hydrogens is 388 g/mol. The normalized spacial score (nSPS) is 14.8. The van der Waals surface area contributed by atoms with Crippen LogP contribution in [0.5, 0.6) is 0 Å². The molecule has 3 aromatic rings. The molecular formula is C21H23ClN6O. The molecule has 29 heavy (non-hydrogen) atoms. The van der Waals surface area contributed by atoms with E-state index >= 15 is 0 Å². The zero-order valence-electron chi connectivity index (χ0n) is 16.3. The first kappa shape index (κ1) is 19.4. The van der Waals surface area contributed by atoms with Crippen LogP contribution in [-0.2, 0) is 11.3 Å². The minimum Gasteiger partial charge on any atom is -0.356 e. The third kappa shape index (κ3) is 4.56. The average molecular weight is 411 g/mol. The maximum Gasteiger partial charge on any atom is 0.223 e. The van der Waals surface area contributed by atoms with Crippen molar-refractivity contribution in [1.82, 2.24) is 24.8 Å². The molecule has 0 bridgehead atoms. The second kappa shape index (κ2) is 8.61. The van der Waals surface area contributed by atoms with Gasteiger partial charge in [0, 0.05) is 49.0 Å². The maximum atomic E-state index is 12.5. The van der Waals surface area contributed by atoms with E-state index in [4.69, 9.17) is 11.6 Å². The van der Waals surface area contributed by atoms with Gasteiger partial charge in [0.1, 0.15) is 23.8 Å². The molecule has 0 radical (unpaired) electrons. The smallest absolute Gasteiger partial charge is 0.223 e. The van der Waals surface area contributed by atoms with Crippen molar-refractivity contribution in [1.29, 1.82) is 0 Å². The molecule has 1 fully saturated rings. The average Bonchev–Trinajstić information content (AvgIpc) is 3.19. The summed E-state index contributed by atoms with van der Waals surface area (Å²) in [4.78, 5) is 27.8. The van der Waals surface area contributed by atoms with Gasteiger partial charge in [0.15, 0.2) is 0 Å². The van der Waals surface area contributed by atoms with Crippen molar-refractivity contribution in [2.75, 3.05) is 18.0 Å². The van der Waals surface area contributed by atoms with Gasteiger partial charge in [-0.25, -0.2) is 15.0 Å². The van der Waals surface area contributed by atoms with Gasteiger partial charge in [0.05, 0.1) is 0 Å². The van der Waals surface area contributed by atoms with Crippen LogP contribution in [0.2, 0.25) is 5.02 Å². The van der Waals surface area contributed by atoms with Gasteiger partial charge in [-0.1, -0.05) is 23.7 Å². The monoisotopic (exact) mass is 410 g/mol. The Bertz CT molecular complexity index is 979. The van der Waals surface area contributed by atoms with E-state index < -0.39 is 0 Å². The minimum atomic E-state index is 0.0238. The number of halogens is 1. The van der Waals surface area contributed by atoms with Gasteiger partial charge in [-0.2, -0.15) is 0 Å².